The lowest BCUT2D eigenvalue weighted by Gasteiger charge is -2.38. The molecule has 14 heteroatoms. The number of hydrogen-bond acceptors (Lipinski definition) is 9. The lowest BCUT2D eigenvalue weighted by atomic mass is 9.85. The zero-order chi connectivity index (χ0) is 30.5. The highest BCUT2D eigenvalue weighted by molar-refractivity contribution is 6.00. The number of aromatic nitrogens is 7. The topological polar surface area (TPSA) is 157 Å². The number of nitrogens with two attached hydrogens (primary N) is 1. The number of alkyl halides is 2. The molecule has 0 aliphatic carbocycles. The van der Waals surface area contributed by atoms with Gasteiger partial charge in [-0.05, 0) is 62.9 Å². The summed E-state index contributed by atoms with van der Waals surface area (Å²) in [5.41, 5.74) is 10.8. The van der Waals surface area contributed by atoms with E-state index in [1.165, 1.54) is 29.9 Å². The number of carbonyl (C=O) groups is 2. The summed E-state index contributed by atoms with van der Waals surface area (Å²) in [6, 6.07) is 9.88. The molecule has 5 aromatic rings. The van der Waals surface area contributed by atoms with Gasteiger partial charge in [-0.1, -0.05) is 6.07 Å². The van der Waals surface area contributed by atoms with Crippen molar-refractivity contribution in [1.82, 2.24) is 39.7 Å². The van der Waals surface area contributed by atoms with Crippen LogP contribution in [0.3, 0.4) is 0 Å². The van der Waals surface area contributed by atoms with Gasteiger partial charge in [-0.2, -0.15) is 18.4 Å². The molecule has 7 rings (SSSR count). The third kappa shape index (κ3) is 4.71. The standard InChI is InChI=1S/C30H27F2N9O3/c1-15(42)24-25(18-10-19-5-6-20(11-18)40(19)29(43)27-35-14-36-39-27)38-28-22(13-37-41(28)26(24)33)17-4-9-23(34-12-17)16-2-7-21(8-3-16)44-30(31)32/h2-4,7-9,12-14,18-20,30H,5-6,10-11,33H2,1H3,(H,35,36,39)/t18-,19-,20+. The number of hydrogen-bond donors (Lipinski definition) is 2. The molecule has 44 heavy (non-hydrogen) atoms. The first kappa shape index (κ1) is 27.6. The summed E-state index contributed by atoms with van der Waals surface area (Å²) in [5, 5.41) is 12.1. The fourth-order valence-corrected chi connectivity index (χ4v) is 6.59. The van der Waals surface area contributed by atoms with Crippen LogP contribution in [0.5, 0.6) is 5.75 Å². The van der Waals surface area contributed by atoms with Crippen LogP contribution in [-0.4, -0.2) is 70.0 Å². The second-order valence-corrected chi connectivity index (χ2v) is 11.0. The Balaban J connectivity index is 1.21. The molecule has 224 valence electrons. The Labute approximate surface area is 249 Å². The molecule has 0 radical (unpaired) electrons. The number of nitrogen functional groups attached to an aromatic ring is 1. The van der Waals surface area contributed by atoms with Gasteiger partial charge in [0.25, 0.3) is 5.91 Å². The van der Waals surface area contributed by atoms with Gasteiger partial charge in [-0.25, -0.2) is 4.98 Å². The van der Waals surface area contributed by atoms with Crippen LogP contribution in [0.1, 0.15) is 65.2 Å². The van der Waals surface area contributed by atoms with Gasteiger partial charge in [0, 0.05) is 40.9 Å². The minimum atomic E-state index is -2.89. The Morgan fingerprint density at radius 3 is 2.39 bits per heavy atom. The number of pyridine rings is 1. The van der Waals surface area contributed by atoms with Crippen molar-refractivity contribution < 1.29 is 23.1 Å². The molecule has 0 unspecified atom stereocenters. The fraction of sp³-hybridized carbons (Fsp3) is 0.300. The number of fused-ring (bicyclic) bond motifs is 3. The van der Waals surface area contributed by atoms with Crippen molar-refractivity contribution in [3.8, 4) is 28.1 Å². The molecule has 0 saturated carbocycles. The van der Waals surface area contributed by atoms with E-state index in [0.29, 0.717) is 41.0 Å². The molecule has 0 spiro atoms. The third-order valence-electron chi connectivity index (χ3n) is 8.49. The molecular weight excluding hydrogens is 572 g/mol. The summed E-state index contributed by atoms with van der Waals surface area (Å²) in [4.78, 5) is 40.3. The Kier molecular flexibility index (Phi) is 6.75. The molecule has 1 amide bonds. The number of Topliss-reactive ketones (excluding diaryl/α,β-unsaturated/α-hetero) is 1. The number of carbonyl (C=O) groups excluding carboxylic acids is 2. The molecule has 2 aliphatic heterocycles. The maximum Gasteiger partial charge on any atom is 0.387 e. The van der Waals surface area contributed by atoms with E-state index in [9.17, 15) is 18.4 Å². The highest BCUT2D eigenvalue weighted by Gasteiger charge is 2.45. The molecule has 12 nitrogen and oxygen atoms in total. The van der Waals surface area contributed by atoms with Crippen molar-refractivity contribution in [3.63, 3.8) is 0 Å². The number of nitrogens with one attached hydrogen (secondary N) is 1. The number of nitrogens with zero attached hydrogens (tertiary/aromatic N) is 7. The first-order valence-corrected chi connectivity index (χ1v) is 14.2. The van der Waals surface area contributed by atoms with Crippen molar-refractivity contribution >= 4 is 23.2 Å². The maximum atomic E-state index is 13.2. The van der Waals surface area contributed by atoms with Crippen molar-refractivity contribution in [3.05, 3.63) is 72.2 Å². The van der Waals surface area contributed by atoms with Gasteiger partial charge in [0.15, 0.2) is 11.4 Å². The molecular formula is C30H27F2N9O3. The highest BCUT2D eigenvalue weighted by atomic mass is 19.3. The number of halogens is 2. The molecule has 3 N–H and O–H groups in total. The number of rotatable bonds is 7. The fourth-order valence-electron chi connectivity index (χ4n) is 6.59. The zero-order valence-electron chi connectivity index (χ0n) is 23.5. The van der Waals surface area contributed by atoms with Gasteiger partial charge in [0.2, 0.25) is 5.82 Å². The van der Waals surface area contributed by atoms with Gasteiger partial charge in [0.05, 0.1) is 23.1 Å². The molecule has 2 fully saturated rings. The second-order valence-electron chi connectivity index (χ2n) is 11.0. The van der Waals surface area contributed by atoms with Gasteiger partial charge in [-0.3, -0.25) is 14.6 Å². The van der Waals surface area contributed by atoms with Crippen LogP contribution in [0.25, 0.3) is 28.0 Å². The number of H-pyrrole nitrogens is 1. The summed E-state index contributed by atoms with van der Waals surface area (Å²) in [6.07, 6.45) is 7.70. The Morgan fingerprint density at radius 1 is 1.05 bits per heavy atom. The normalized spacial score (nSPS) is 19.5. The smallest absolute Gasteiger partial charge is 0.387 e. The average molecular weight is 600 g/mol. The van der Waals surface area contributed by atoms with Crippen LogP contribution in [-0.2, 0) is 0 Å². The van der Waals surface area contributed by atoms with Crippen LogP contribution in [0.15, 0.2) is 55.1 Å². The molecule has 6 heterocycles. The van der Waals surface area contributed by atoms with Gasteiger partial charge < -0.3 is 20.4 Å². The Bertz CT molecular complexity index is 1840. The Morgan fingerprint density at radius 2 is 1.77 bits per heavy atom. The van der Waals surface area contributed by atoms with Crippen molar-refractivity contribution in [2.24, 2.45) is 0 Å². The molecule has 1 aromatic carbocycles. The van der Waals surface area contributed by atoms with E-state index in [1.54, 1.807) is 24.5 Å². The van der Waals surface area contributed by atoms with E-state index in [0.717, 1.165) is 24.0 Å². The van der Waals surface area contributed by atoms with Gasteiger partial charge in [0.1, 0.15) is 17.9 Å². The van der Waals surface area contributed by atoms with Crippen molar-refractivity contribution in [1.29, 1.82) is 0 Å². The maximum absolute atomic E-state index is 13.2. The van der Waals surface area contributed by atoms with Gasteiger partial charge in [-0.15, -0.1) is 10.2 Å². The monoisotopic (exact) mass is 599 g/mol. The number of ketones is 1. The number of piperidine rings is 1. The van der Waals surface area contributed by atoms with Crippen LogP contribution >= 0.6 is 0 Å². The van der Waals surface area contributed by atoms with E-state index in [1.807, 2.05) is 17.0 Å². The highest BCUT2D eigenvalue weighted by Crippen LogP contribution is 2.45. The second kappa shape index (κ2) is 10.8. The zero-order valence-corrected chi connectivity index (χ0v) is 23.5. The number of ether oxygens (including phenoxy) is 1. The summed E-state index contributed by atoms with van der Waals surface area (Å²) in [5.74, 6) is 0.0397. The number of aromatic amines is 1. The first-order valence-electron chi connectivity index (χ1n) is 14.2. The van der Waals surface area contributed by atoms with Crippen molar-refractivity contribution in [2.75, 3.05) is 5.73 Å². The van der Waals surface area contributed by atoms with Crippen LogP contribution < -0.4 is 10.5 Å². The van der Waals surface area contributed by atoms with Crippen molar-refractivity contribution in [2.45, 2.75) is 57.2 Å². The number of anilines is 1. The quantitative estimate of drug-likeness (QED) is 0.257. The summed E-state index contributed by atoms with van der Waals surface area (Å²) < 4.78 is 30.9. The van der Waals surface area contributed by atoms with E-state index >= 15 is 0 Å². The lowest BCUT2D eigenvalue weighted by molar-refractivity contribution is -0.0498. The third-order valence-corrected chi connectivity index (χ3v) is 8.49. The van der Waals surface area contributed by atoms with Gasteiger partial charge >= 0.3 is 6.61 Å². The molecule has 2 saturated heterocycles. The first-order chi connectivity index (χ1) is 21.3. The number of amides is 1. The van der Waals surface area contributed by atoms with Crippen LogP contribution in [0.4, 0.5) is 14.6 Å². The van der Waals surface area contributed by atoms with E-state index < -0.39 is 6.61 Å². The molecule has 2 aliphatic rings. The average Bonchev–Trinajstić information content (AvgIpc) is 3.75. The predicted octanol–water partition coefficient (Wildman–Crippen LogP) is 4.51. The largest absolute Gasteiger partial charge is 0.435 e. The number of benzene rings is 1. The summed E-state index contributed by atoms with van der Waals surface area (Å²) >= 11 is 0. The Hall–Kier alpha value is -5.27. The molecule has 3 atom stereocenters. The van der Waals surface area contributed by atoms with E-state index in [-0.39, 0.29) is 47.1 Å². The minimum Gasteiger partial charge on any atom is -0.435 e. The summed E-state index contributed by atoms with van der Waals surface area (Å²) in [6.45, 7) is -1.42. The SMILES string of the molecule is CC(=O)c1c([C@@H]2C[C@H]3CC[C@@H](C2)N3C(=O)c2nnc[nH]2)nc2c(-c3ccc(-c4ccc(OC(F)F)cc4)nc3)cnn2c1N. The van der Waals surface area contributed by atoms with E-state index in [4.69, 9.17) is 10.7 Å². The van der Waals surface area contributed by atoms with Crippen LogP contribution in [0, 0.1) is 0 Å². The lowest BCUT2D eigenvalue weighted by Crippen LogP contribution is -2.46. The minimum absolute atomic E-state index is 0.0208. The molecule has 4 aromatic heterocycles. The predicted molar refractivity (Wildman–Crippen MR) is 154 cm³/mol. The van der Waals surface area contributed by atoms with E-state index in [2.05, 4.69) is 30.0 Å². The van der Waals surface area contributed by atoms with Crippen LogP contribution in [0.2, 0.25) is 0 Å². The summed E-state index contributed by atoms with van der Waals surface area (Å²) in [7, 11) is 0. The molecule has 2 bridgehead atoms.